The Labute approximate surface area is 173 Å². The highest BCUT2D eigenvalue weighted by Gasteiger charge is 2.12. The molecule has 0 aliphatic rings. The molecule has 4 rings (SSSR count). The third kappa shape index (κ3) is 3.91. The zero-order valence-corrected chi connectivity index (χ0v) is 16.5. The Morgan fingerprint density at radius 1 is 0.900 bits per heavy atom. The summed E-state index contributed by atoms with van der Waals surface area (Å²) in [5, 5.41) is 5.07. The summed E-state index contributed by atoms with van der Waals surface area (Å²) in [5.74, 6) is 1.63. The number of hydrazone groups is 1. The number of methoxy groups -OCH3 is 2. The highest BCUT2D eigenvalue weighted by atomic mass is 19.1. The molecule has 1 aromatic heterocycles. The quantitative estimate of drug-likeness (QED) is 0.367. The number of rotatable bonds is 6. The Morgan fingerprint density at radius 3 is 2.47 bits per heavy atom. The van der Waals surface area contributed by atoms with Crippen LogP contribution in [0.5, 0.6) is 11.5 Å². The number of nitrogens with one attached hydrogen (secondary N) is 1. The number of nitrogens with zero attached hydrogens (tertiary/aromatic N) is 3. The van der Waals surface area contributed by atoms with Crippen LogP contribution in [-0.2, 0) is 0 Å². The van der Waals surface area contributed by atoms with Crippen LogP contribution in [0.1, 0.15) is 5.56 Å². The molecule has 0 amide bonds. The first-order valence-electron chi connectivity index (χ1n) is 9.22. The minimum atomic E-state index is -0.382. The van der Waals surface area contributed by atoms with E-state index in [4.69, 9.17) is 9.47 Å². The van der Waals surface area contributed by atoms with Gasteiger partial charge in [0.2, 0.25) is 0 Å². The third-order valence-corrected chi connectivity index (χ3v) is 4.51. The van der Waals surface area contributed by atoms with Gasteiger partial charge in [-0.05, 0) is 48.0 Å². The van der Waals surface area contributed by atoms with Gasteiger partial charge in [-0.2, -0.15) is 5.10 Å². The maximum Gasteiger partial charge on any atom is 0.165 e. The molecule has 0 fully saturated rings. The van der Waals surface area contributed by atoms with Gasteiger partial charge < -0.3 is 9.47 Å². The number of fused-ring (bicyclic) bond motifs is 1. The van der Waals surface area contributed by atoms with Crippen LogP contribution in [0.4, 0.5) is 10.2 Å². The molecule has 0 saturated carbocycles. The van der Waals surface area contributed by atoms with Crippen molar-refractivity contribution in [1.82, 2.24) is 9.97 Å². The van der Waals surface area contributed by atoms with Crippen LogP contribution in [0, 0.1) is 5.82 Å². The van der Waals surface area contributed by atoms with Gasteiger partial charge in [0.15, 0.2) is 23.1 Å². The number of benzene rings is 3. The van der Waals surface area contributed by atoms with E-state index >= 15 is 0 Å². The molecule has 150 valence electrons. The first-order chi connectivity index (χ1) is 14.7. The van der Waals surface area contributed by atoms with Crippen LogP contribution >= 0.6 is 0 Å². The van der Waals surface area contributed by atoms with Crippen molar-refractivity contribution in [2.24, 2.45) is 5.10 Å². The summed E-state index contributed by atoms with van der Waals surface area (Å²) < 4.78 is 24.8. The molecule has 0 radical (unpaired) electrons. The molecule has 0 aliphatic carbocycles. The predicted octanol–water partition coefficient (Wildman–Crippen LogP) is 4.90. The van der Waals surface area contributed by atoms with E-state index in [1.165, 1.54) is 6.07 Å². The normalized spacial score (nSPS) is 11.0. The zero-order chi connectivity index (χ0) is 20.9. The standard InChI is InChI=1S/C23H19FN4O2/c1-29-20-12-11-15(13-21(20)30-2)14-25-28-23-17-8-4-6-10-19(17)26-22(27-23)16-7-3-5-9-18(16)24/h3-14H,1-2H3,(H,26,27,28)/b25-14-. The summed E-state index contributed by atoms with van der Waals surface area (Å²) >= 11 is 0. The molecule has 0 aliphatic heterocycles. The van der Waals surface area contributed by atoms with E-state index in [9.17, 15) is 4.39 Å². The smallest absolute Gasteiger partial charge is 0.165 e. The van der Waals surface area contributed by atoms with Gasteiger partial charge >= 0.3 is 0 Å². The lowest BCUT2D eigenvalue weighted by atomic mass is 10.1. The van der Waals surface area contributed by atoms with Crippen molar-refractivity contribution >= 4 is 22.9 Å². The highest BCUT2D eigenvalue weighted by Crippen LogP contribution is 2.28. The molecule has 0 unspecified atom stereocenters. The number of anilines is 1. The fourth-order valence-corrected chi connectivity index (χ4v) is 3.03. The molecule has 0 saturated heterocycles. The molecule has 0 atom stereocenters. The number of ether oxygens (including phenoxy) is 2. The van der Waals surface area contributed by atoms with Gasteiger partial charge in [0, 0.05) is 5.39 Å². The maximum atomic E-state index is 14.3. The second-order valence-corrected chi connectivity index (χ2v) is 6.38. The largest absolute Gasteiger partial charge is 0.493 e. The molecule has 3 aromatic carbocycles. The lowest BCUT2D eigenvalue weighted by Crippen LogP contribution is -2.00. The maximum absolute atomic E-state index is 14.3. The summed E-state index contributed by atoms with van der Waals surface area (Å²) in [5.41, 5.74) is 4.79. The zero-order valence-electron chi connectivity index (χ0n) is 16.5. The van der Waals surface area contributed by atoms with E-state index in [-0.39, 0.29) is 11.6 Å². The topological polar surface area (TPSA) is 68.6 Å². The van der Waals surface area contributed by atoms with Crippen LogP contribution in [0.15, 0.2) is 71.8 Å². The Bertz CT molecular complexity index is 1230. The molecule has 0 bridgehead atoms. The lowest BCUT2D eigenvalue weighted by molar-refractivity contribution is 0.355. The van der Waals surface area contributed by atoms with Crippen LogP contribution in [-0.4, -0.2) is 30.4 Å². The SMILES string of the molecule is COc1ccc(/C=N\Nc2nc(-c3ccccc3F)nc3ccccc23)cc1OC. The van der Waals surface area contributed by atoms with Gasteiger partial charge in [-0.1, -0.05) is 24.3 Å². The van der Waals surface area contributed by atoms with Crippen molar-refractivity contribution in [3.8, 4) is 22.9 Å². The van der Waals surface area contributed by atoms with Gasteiger partial charge in [-0.3, -0.25) is 5.43 Å². The molecule has 1 heterocycles. The molecule has 0 spiro atoms. The molecule has 1 N–H and O–H groups in total. The number of aromatic nitrogens is 2. The van der Waals surface area contributed by atoms with Gasteiger partial charge in [0.1, 0.15) is 5.82 Å². The van der Waals surface area contributed by atoms with E-state index in [0.29, 0.717) is 28.4 Å². The van der Waals surface area contributed by atoms with E-state index in [1.807, 2.05) is 36.4 Å². The summed E-state index contributed by atoms with van der Waals surface area (Å²) in [6.07, 6.45) is 1.64. The third-order valence-electron chi connectivity index (χ3n) is 4.51. The molecular formula is C23H19FN4O2. The molecule has 30 heavy (non-hydrogen) atoms. The Morgan fingerprint density at radius 2 is 1.67 bits per heavy atom. The van der Waals surface area contributed by atoms with Gasteiger partial charge in [0.25, 0.3) is 0 Å². The fourth-order valence-electron chi connectivity index (χ4n) is 3.03. The van der Waals surface area contributed by atoms with E-state index in [1.54, 1.807) is 44.7 Å². The number of para-hydroxylation sites is 1. The minimum Gasteiger partial charge on any atom is -0.493 e. The molecule has 7 heteroatoms. The van der Waals surface area contributed by atoms with Crippen molar-refractivity contribution in [1.29, 1.82) is 0 Å². The minimum absolute atomic E-state index is 0.288. The molecule has 4 aromatic rings. The summed E-state index contributed by atoms with van der Waals surface area (Å²) in [6, 6.07) is 19.4. The average Bonchev–Trinajstić information content (AvgIpc) is 2.79. The van der Waals surface area contributed by atoms with Crippen LogP contribution in [0.2, 0.25) is 0 Å². The Kier molecular flexibility index (Phi) is 5.52. The van der Waals surface area contributed by atoms with Crippen LogP contribution < -0.4 is 14.9 Å². The fraction of sp³-hybridized carbons (Fsp3) is 0.0870. The van der Waals surface area contributed by atoms with Gasteiger partial charge in [-0.15, -0.1) is 0 Å². The summed E-state index contributed by atoms with van der Waals surface area (Å²) in [7, 11) is 3.16. The van der Waals surface area contributed by atoms with Crippen LogP contribution in [0.25, 0.3) is 22.3 Å². The van der Waals surface area contributed by atoms with Gasteiger partial charge in [-0.25, -0.2) is 14.4 Å². The van der Waals surface area contributed by atoms with Crippen molar-refractivity contribution < 1.29 is 13.9 Å². The first-order valence-corrected chi connectivity index (χ1v) is 9.22. The predicted molar refractivity (Wildman–Crippen MR) is 116 cm³/mol. The number of hydrogen-bond donors (Lipinski definition) is 1. The van der Waals surface area contributed by atoms with E-state index in [0.717, 1.165) is 10.9 Å². The summed E-state index contributed by atoms with van der Waals surface area (Å²) in [6.45, 7) is 0. The van der Waals surface area contributed by atoms with E-state index in [2.05, 4.69) is 20.5 Å². The lowest BCUT2D eigenvalue weighted by Gasteiger charge is -2.09. The second-order valence-electron chi connectivity index (χ2n) is 6.38. The number of hydrogen-bond acceptors (Lipinski definition) is 6. The van der Waals surface area contributed by atoms with Crippen molar-refractivity contribution in [2.45, 2.75) is 0 Å². The molecular weight excluding hydrogens is 383 g/mol. The van der Waals surface area contributed by atoms with Crippen LogP contribution in [0.3, 0.4) is 0 Å². The van der Waals surface area contributed by atoms with Crippen molar-refractivity contribution in [3.63, 3.8) is 0 Å². The van der Waals surface area contributed by atoms with Gasteiger partial charge in [0.05, 0.1) is 31.5 Å². The van der Waals surface area contributed by atoms with E-state index < -0.39 is 0 Å². The Hall–Kier alpha value is -4.00. The molecule has 6 nitrogen and oxygen atoms in total. The monoisotopic (exact) mass is 402 g/mol. The highest BCUT2D eigenvalue weighted by molar-refractivity contribution is 5.91. The van der Waals surface area contributed by atoms with Crippen molar-refractivity contribution in [3.05, 3.63) is 78.1 Å². The number of halogens is 1. The second kappa shape index (κ2) is 8.57. The van der Waals surface area contributed by atoms with Crippen molar-refractivity contribution in [2.75, 3.05) is 19.6 Å². The average molecular weight is 402 g/mol. The summed E-state index contributed by atoms with van der Waals surface area (Å²) in [4.78, 5) is 9.01. The Balaban J connectivity index is 1.68. The first kappa shape index (κ1) is 19.3.